The van der Waals surface area contributed by atoms with Crippen LogP contribution in [-0.2, 0) is 0 Å². The molecule has 1 aromatic rings. The van der Waals surface area contributed by atoms with Gasteiger partial charge in [-0.2, -0.15) is 0 Å². The van der Waals surface area contributed by atoms with Gasteiger partial charge in [0.2, 0.25) is 0 Å². The number of carbonyl (C=O) groups excluding carboxylic acids is 1. The molecule has 19 heavy (non-hydrogen) atoms. The Morgan fingerprint density at radius 1 is 1.53 bits per heavy atom. The van der Waals surface area contributed by atoms with E-state index in [9.17, 15) is 4.79 Å². The standard InChI is InChI=1S/C15H18N2O2/c1-5-6-12(9-11(2)3)19-13-7-8-17-14(10-13)15(18)16-4/h5-10H,2H2,1,3-4H3,(H,16,18)/b6-5-,12-9+. The number of nitrogens with zero attached hydrogens (tertiary/aromatic N) is 1. The summed E-state index contributed by atoms with van der Waals surface area (Å²) < 4.78 is 5.69. The van der Waals surface area contributed by atoms with Crippen molar-refractivity contribution in [3.05, 3.63) is 60.2 Å². The fraction of sp³-hybridized carbons (Fsp3) is 0.200. The minimum Gasteiger partial charge on any atom is -0.457 e. The van der Waals surface area contributed by atoms with Gasteiger partial charge in [-0.1, -0.05) is 18.2 Å². The molecule has 0 aromatic carbocycles. The minimum absolute atomic E-state index is 0.248. The Hall–Kier alpha value is -2.36. The average Bonchev–Trinajstić information content (AvgIpc) is 2.37. The van der Waals surface area contributed by atoms with E-state index < -0.39 is 0 Å². The summed E-state index contributed by atoms with van der Waals surface area (Å²) in [5.41, 5.74) is 1.20. The van der Waals surface area contributed by atoms with Gasteiger partial charge in [-0.25, -0.2) is 0 Å². The van der Waals surface area contributed by atoms with Gasteiger partial charge >= 0.3 is 0 Å². The lowest BCUT2D eigenvalue weighted by Gasteiger charge is -2.07. The average molecular weight is 258 g/mol. The van der Waals surface area contributed by atoms with Crippen molar-refractivity contribution < 1.29 is 9.53 Å². The van der Waals surface area contributed by atoms with Crippen LogP contribution in [-0.4, -0.2) is 17.9 Å². The first-order valence-corrected chi connectivity index (χ1v) is 5.92. The van der Waals surface area contributed by atoms with Crippen LogP contribution in [0, 0.1) is 0 Å². The molecule has 0 radical (unpaired) electrons. The summed E-state index contributed by atoms with van der Waals surface area (Å²) in [6, 6.07) is 3.29. The number of amides is 1. The van der Waals surface area contributed by atoms with Crippen molar-refractivity contribution in [2.45, 2.75) is 13.8 Å². The molecule has 0 spiro atoms. The van der Waals surface area contributed by atoms with E-state index in [-0.39, 0.29) is 5.91 Å². The smallest absolute Gasteiger partial charge is 0.269 e. The second kappa shape index (κ2) is 7.16. The first-order valence-electron chi connectivity index (χ1n) is 5.92. The van der Waals surface area contributed by atoms with Gasteiger partial charge in [-0.05, 0) is 32.1 Å². The molecular weight excluding hydrogens is 240 g/mol. The van der Waals surface area contributed by atoms with Crippen molar-refractivity contribution in [1.82, 2.24) is 10.3 Å². The molecule has 4 heteroatoms. The number of ether oxygens (including phenoxy) is 1. The number of rotatable bonds is 5. The summed E-state index contributed by atoms with van der Waals surface area (Å²) in [6.45, 7) is 7.60. The van der Waals surface area contributed by atoms with Crippen molar-refractivity contribution in [2.24, 2.45) is 0 Å². The Morgan fingerprint density at radius 3 is 2.84 bits per heavy atom. The lowest BCUT2D eigenvalue weighted by atomic mass is 10.2. The largest absolute Gasteiger partial charge is 0.457 e. The number of aromatic nitrogens is 1. The lowest BCUT2D eigenvalue weighted by molar-refractivity contribution is 0.0958. The Morgan fingerprint density at radius 2 is 2.26 bits per heavy atom. The molecule has 1 aromatic heterocycles. The maximum Gasteiger partial charge on any atom is 0.269 e. The first-order chi connectivity index (χ1) is 9.06. The number of allylic oxidation sites excluding steroid dienone is 4. The molecule has 0 unspecified atom stereocenters. The Labute approximate surface area is 113 Å². The van der Waals surface area contributed by atoms with Crippen molar-refractivity contribution >= 4 is 5.91 Å². The predicted molar refractivity (Wildman–Crippen MR) is 76.0 cm³/mol. The summed E-state index contributed by atoms with van der Waals surface area (Å²) >= 11 is 0. The second-order valence-corrected chi connectivity index (χ2v) is 3.95. The van der Waals surface area contributed by atoms with Crippen LogP contribution in [0.15, 0.2) is 54.5 Å². The molecule has 4 nitrogen and oxygen atoms in total. The maximum absolute atomic E-state index is 11.5. The third-order valence-corrected chi connectivity index (χ3v) is 2.15. The van der Waals surface area contributed by atoms with Crippen molar-refractivity contribution in [1.29, 1.82) is 0 Å². The van der Waals surface area contributed by atoms with Crippen molar-refractivity contribution in [3.63, 3.8) is 0 Å². The second-order valence-electron chi connectivity index (χ2n) is 3.95. The molecule has 1 rings (SSSR count). The number of hydrogen-bond acceptors (Lipinski definition) is 3. The third kappa shape index (κ3) is 4.79. The highest BCUT2D eigenvalue weighted by molar-refractivity contribution is 5.92. The molecule has 100 valence electrons. The molecule has 0 saturated heterocycles. The van der Waals surface area contributed by atoms with Crippen LogP contribution in [0.3, 0.4) is 0 Å². The molecule has 0 aliphatic carbocycles. The van der Waals surface area contributed by atoms with Crippen molar-refractivity contribution in [3.8, 4) is 5.75 Å². The molecule has 0 bridgehead atoms. The van der Waals surface area contributed by atoms with Crippen LogP contribution in [0.2, 0.25) is 0 Å². The molecule has 1 amide bonds. The minimum atomic E-state index is -0.248. The van der Waals surface area contributed by atoms with E-state index in [4.69, 9.17) is 4.74 Å². The van der Waals surface area contributed by atoms with Crippen LogP contribution < -0.4 is 10.1 Å². The SMILES string of the molecule is C=C(C)/C=C(\C=C/C)Oc1ccnc(C(=O)NC)c1. The molecule has 0 aliphatic rings. The maximum atomic E-state index is 11.5. The van der Waals surface area contributed by atoms with Gasteiger partial charge in [0.05, 0.1) is 0 Å². The monoisotopic (exact) mass is 258 g/mol. The number of carbonyl (C=O) groups is 1. The highest BCUT2D eigenvalue weighted by Gasteiger charge is 2.06. The fourth-order valence-electron chi connectivity index (χ4n) is 1.38. The van der Waals surface area contributed by atoms with E-state index in [1.54, 1.807) is 19.2 Å². The van der Waals surface area contributed by atoms with Crippen LogP contribution >= 0.6 is 0 Å². The normalized spacial score (nSPS) is 11.4. The molecular formula is C15H18N2O2. The highest BCUT2D eigenvalue weighted by atomic mass is 16.5. The molecule has 0 fully saturated rings. The summed E-state index contributed by atoms with van der Waals surface area (Å²) in [5.74, 6) is 0.963. The molecule has 0 saturated carbocycles. The summed E-state index contributed by atoms with van der Waals surface area (Å²) in [7, 11) is 1.56. The van der Waals surface area contributed by atoms with E-state index in [0.29, 0.717) is 17.2 Å². The van der Waals surface area contributed by atoms with Crippen LogP contribution in [0.25, 0.3) is 0 Å². The van der Waals surface area contributed by atoms with Gasteiger partial charge in [-0.3, -0.25) is 9.78 Å². The topological polar surface area (TPSA) is 51.2 Å². The number of hydrogen-bond donors (Lipinski definition) is 1. The summed E-state index contributed by atoms with van der Waals surface area (Å²) in [6.07, 6.45) is 7.05. The summed E-state index contributed by atoms with van der Waals surface area (Å²) in [5, 5.41) is 2.52. The van der Waals surface area contributed by atoms with Gasteiger partial charge in [0, 0.05) is 19.3 Å². The number of pyridine rings is 1. The predicted octanol–water partition coefficient (Wildman–Crippen LogP) is 2.86. The fourth-order valence-corrected chi connectivity index (χ4v) is 1.38. The van der Waals surface area contributed by atoms with Gasteiger partial charge < -0.3 is 10.1 Å². The van der Waals surface area contributed by atoms with Gasteiger partial charge in [0.25, 0.3) is 5.91 Å². The quantitative estimate of drug-likeness (QED) is 0.652. The van der Waals surface area contributed by atoms with E-state index >= 15 is 0 Å². The summed E-state index contributed by atoms with van der Waals surface area (Å²) in [4.78, 5) is 15.5. The van der Waals surface area contributed by atoms with E-state index in [1.807, 2.05) is 32.1 Å². The van der Waals surface area contributed by atoms with Gasteiger partial charge in [-0.15, -0.1) is 0 Å². The van der Waals surface area contributed by atoms with Crippen LogP contribution in [0.5, 0.6) is 5.75 Å². The molecule has 1 heterocycles. The zero-order chi connectivity index (χ0) is 14.3. The lowest BCUT2D eigenvalue weighted by Crippen LogP contribution is -2.19. The Kier molecular flexibility index (Phi) is 5.54. The molecule has 1 N–H and O–H groups in total. The zero-order valence-corrected chi connectivity index (χ0v) is 11.4. The third-order valence-electron chi connectivity index (χ3n) is 2.15. The Balaban J connectivity index is 2.97. The molecule has 0 aliphatic heterocycles. The van der Waals surface area contributed by atoms with Crippen LogP contribution in [0.1, 0.15) is 24.3 Å². The zero-order valence-electron chi connectivity index (χ0n) is 11.4. The molecule has 0 atom stereocenters. The highest BCUT2D eigenvalue weighted by Crippen LogP contribution is 2.16. The van der Waals surface area contributed by atoms with Crippen LogP contribution in [0.4, 0.5) is 0 Å². The number of nitrogens with one attached hydrogen (secondary N) is 1. The Bertz CT molecular complexity index is 531. The van der Waals surface area contributed by atoms with Gasteiger partial charge in [0.1, 0.15) is 17.2 Å². The van der Waals surface area contributed by atoms with Gasteiger partial charge in [0.15, 0.2) is 0 Å². The van der Waals surface area contributed by atoms with E-state index in [0.717, 1.165) is 5.57 Å². The van der Waals surface area contributed by atoms with E-state index in [1.165, 1.54) is 6.20 Å². The van der Waals surface area contributed by atoms with E-state index in [2.05, 4.69) is 16.9 Å². The first kappa shape index (κ1) is 14.7. The van der Waals surface area contributed by atoms with Crippen molar-refractivity contribution in [2.75, 3.05) is 7.05 Å².